The van der Waals surface area contributed by atoms with Gasteiger partial charge in [0.05, 0.1) is 6.16 Å². The van der Waals surface area contributed by atoms with Crippen molar-refractivity contribution in [3.63, 3.8) is 0 Å². The SMILES string of the molecule is CCOC(CC[P+](c1ccccc1)(c1ccccc1)c1ccccc1)C(=O)O.[Br-]. The summed E-state index contributed by atoms with van der Waals surface area (Å²) in [5.41, 5.74) is 0. The first-order valence-electron chi connectivity index (χ1n) is 9.58. The Kier molecular flexibility index (Phi) is 9.03. The minimum Gasteiger partial charge on any atom is -1.00 e. The van der Waals surface area contributed by atoms with Gasteiger partial charge in [-0.2, -0.15) is 0 Å². The van der Waals surface area contributed by atoms with E-state index in [-0.39, 0.29) is 17.0 Å². The fourth-order valence-electron chi connectivity index (χ4n) is 3.67. The lowest BCUT2D eigenvalue weighted by Gasteiger charge is -2.28. The molecule has 0 saturated carbocycles. The zero-order valence-corrected chi connectivity index (χ0v) is 18.9. The van der Waals surface area contributed by atoms with Crippen LogP contribution in [0.15, 0.2) is 91.0 Å². The molecule has 29 heavy (non-hydrogen) atoms. The van der Waals surface area contributed by atoms with E-state index in [1.54, 1.807) is 0 Å². The van der Waals surface area contributed by atoms with Gasteiger partial charge in [0.1, 0.15) is 23.2 Å². The number of aliphatic carboxylic acids is 1. The van der Waals surface area contributed by atoms with Crippen molar-refractivity contribution in [2.75, 3.05) is 12.8 Å². The Balaban J connectivity index is 0.00000300. The summed E-state index contributed by atoms with van der Waals surface area (Å²) in [4.78, 5) is 11.7. The third-order valence-corrected chi connectivity index (χ3v) is 9.43. The van der Waals surface area contributed by atoms with Crippen molar-refractivity contribution in [2.45, 2.75) is 19.4 Å². The molecule has 0 fully saturated rings. The molecule has 3 aromatic rings. The molecule has 0 bridgehead atoms. The topological polar surface area (TPSA) is 46.5 Å². The smallest absolute Gasteiger partial charge is 0.332 e. The molecule has 1 N–H and O–H groups in total. The number of rotatable bonds is 9. The van der Waals surface area contributed by atoms with E-state index in [0.29, 0.717) is 13.0 Å². The van der Waals surface area contributed by atoms with Crippen LogP contribution in [-0.4, -0.2) is 29.9 Å². The lowest BCUT2D eigenvalue weighted by molar-refractivity contribution is -0.150. The van der Waals surface area contributed by atoms with Gasteiger partial charge in [-0.05, 0) is 43.3 Å². The van der Waals surface area contributed by atoms with Crippen LogP contribution < -0.4 is 32.9 Å². The number of benzene rings is 3. The first-order valence-corrected chi connectivity index (χ1v) is 11.5. The second kappa shape index (κ2) is 11.3. The van der Waals surface area contributed by atoms with E-state index in [1.807, 2.05) is 25.1 Å². The van der Waals surface area contributed by atoms with E-state index in [1.165, 1.54) is 15.9 Å². The number of carboxylic acids is 1. The number of hydrogen-bond donors (Lipinski definition) is 1. The van der Waals surface area contributed by atoms with Gasteiger partial charge >= 0.3 is 5.97 Å². The van der Waals surface area contributed by atoms with E-state index >= 15 is 0 Å². The monoisotopic (exact) mass is 472 g/mol. The Morgan fingerprint density at radius 2 is 1.21 bits per heavy atom. The van der Waals surface area contributed by atoms with Crippen LogP contribution in [-0.2, 0) is 9.53 Å². The molecule has 0 saturated heterocycles. The molecule has 0 heterocycles. The second-order valence-corrected chi connectivity index (χ2v) is 10.2. The first-order chi connectivity index (χ1) is 13.7. The van der Waals surface area contributed by atoms with Gasteiger partial charge in [-0.25, -0.2) is 4.79 Å². The Bertz CT molecular complexity index is 776. The van der Waals surface area contributed by atoms with Gasteiger partial charge in [0.15, 0.2) is 6.10 Å². The molecule has 0 aliphatic rings. The Morgan fingerprint density at radius 3 is 1.52 bits per heavy atom. The fourth-order valence-corrected chi connectivity index (χ4v) is 8.01. The maximum absolute atomic E-state index is 11.7. The van der Waals surface area contributed by atoms with E-state index < -0.39 is 19.3 Å². The number of ether oxygens (including phenoxy) is 1. The van der Waals surface area contributed by atoms with Crippen LogP contribution in [0, 0.1) is 0 Å². The highest BCUT2D eigenvalue weighted by atomic mass is 79.9. The van der Waals surface area contributed by atoms with Gasteiger partial charge in [-0.3, -0.25) is 0 Å². The number of hydrogen-bond acceptors (Lipinski definition) is 2. The minimum atomic E-state index is -2.01. The van der Waals surface area contributed by atoms with E-state index in [2.05, 4.69) is 72.8 Å². The molecule has 0 spiro atoms. The molecule has 1 unspecified atom stereocenters. The second-order valence-electron chi connectivity index (χ2n) is 6.61. The highest BCUT2D eigenvalue weighted by Gasteiger charge is 2.45. The predicted molar refractivity (Wildman–Crippen MR) is 118 cm³/mol. The zero-order valence-electron chi connectivity index (χ0n) is 16.4. The van der Waals surface area contributed by atoms with Crippen LogP contribution in [0.3, 0.4) is 0 Å². The van der Waals surface area contributed by atoms with Gasteiger partial charge in [-0.1, -0.05) is 54.6 Å². The van der Waals surface area contributed by atoms with Gasteiger partial charge in [0.2, 0.25) is 0 Å². The standard InChI is InChI=1S/C24H25O3P.BrH/c1-2-27-23(24(25)26)18-19-28(20-12-6-3-7-13-20,21-14-8-4-9-15-21)22-16-10-5-11-17-22;/h3-17,23H,2,18-19H2,1H3;1H. The highest BCUT2D eigenvalue weighted by molar-refractivity contribution is 7.95. The van der Waals surface area contributed by atoms with E-state index in [4.69, 9.17) is 4.74 Å². The van der Waals surface area contributed by atoms with Crippen molar-refractivity contribution in [1.82, 2.24) is 0 Å². The summed E-state index contributed by atoms with van der Waals surface area (Å²) in [5, 5.41) is 13.4. The van der Waals surface area contributed by atoms with Crippen molar-refractivity contribution in [2.24, 2.45) is 0 Å². The number of carboxylic acid groups (broad SMARTS) is 1. The van der Waals surface area contributed by atoms with Gasteiger partial charge in [-0.15, -0.1) is 0 Å². The largest absolute Gasteiger partial charge is 1.00 e. The summed E-state index contributed by atoms with van der Waals surface area (Å²) in [6.07, 6.45) is 0.415. The molecule has 0 aliphatic carbocycles. The third-order valence-electron chi connectivity index (χ3n) is 4.96. The van der Waals surface area contributed by atoms with Crippen LogP contribution in [0.5, 0.6) is 0 Å². The maximum atomic E-state index is 11.7. The van der Waals surface area contributed by atoms with Crippen LogP contribution in [0.4, 0.5) is 0 Å². The summed E-state index contributed by atoms with van der Waals surface area (Å²) in [6, 6.07) is 31.5. The fraction of sp³-hybridized carbons (Fsp3) is 0.208. The molecule has 1 atom stereocenters. The molecular weight excluding hydrogens is 447 g/mol. The van der Waals surface area contributed by atoms with Crippen molar-refractivity contribution >= 4 is 29.1 Å². The molecule has 0 aromatic heterocycles. The predicted octanol–water partition coefficient (Wildman–Crippen LogP) is 0.864. The highest BCUT2D eigenvalue weighted by Crippen LogP contribution is 2.56. The quantitative estimate of drug-likeness (QED) is 0.470. The molecule has 152 valence electrons. The van der Waals surface area contributed by atoms with Crippen LogP contribution >= 0.6 is 7.26 Å². The first kappa shape index (κ1) is 23.3. The summed E-state index contributed by atoms with van der Waals surface area (Å²) >= 11 is 0. The summed E-state index contributed by atoms with van der Waals surface area (Å²) in [5.74, 6) is -0.894. The van der Waals surface area contributed by atoms with Gasteiger partial charge in [0, 0.05) is 13.0 Å². The average molecular weight is 473 g/mol. The normalized spacial score (nSPS) is 12.0. The molecule has 0 amide bonds. The Morgan fingerprint density at radius 1 is 0.828 bits per heavy atom. The number of carbonyl (C=O) groups is 1. The van der Waals surface area contributed by atoms with E-state index in [9.17, 15) is 9.90 Å². The van der Waals surface area contributed by atoms with Crippen LogP contribution in [0.25, 0.3) is 0 Å². The van der Waals surface area contributed by atoms with Crippen molar-refractivity contribution in [3.8, 4) is 0 Å². The average Bonchev–Trinajstić information content (AvgIpc) is 2.75. The molecule has 0 radical (unpaired) electrons. The summed E-state index contributed by atoms with van der Waals surface area (Å²) < 4.78 is 5.52. The van der Waals surface area contributed by atoms with Crippen molar-refractivity contribution in [3.05, 3.63) is 91.0 Å². The summed E-state index contributed by atoms with van der Waals surface area (Å²) in [6.45, 7) is 2.23. The van der Waals surface area contributed by atoms with E-state index in [0.717, 1.165) is 6.16 Å². The van der Waals surface area contributed by atoms with Gasteiger partial charge < -0.3 is 26.8 Å². The third kappa shape index (κ3) is 5.33. The lowest BCUT2D eigenvalue weighted by Crippen LogP contribution is -3.00. The molecule has 3 nitrogen and oxygen atoms in total. The Hall–Kier alpha value is -2.00. The molecule has 5 heteroatoms. The number of halogens is 1. The molecule has 3 aromatic carbocycles. The van der Waals surface area contributed by atoms with Crippen molar-refractivity contribution in [1.29, 1.82) is 0 Å². The van der Waals surface area contributed by atoms with Crippen LogP contribution in [0.1, 0.15) is 13.3 Å². The Labute approximate surface area is 183 Å². The molecule has 3 rings (SSSR count). The minimum absolute atomic E-state index is 0. The molecular formula is C24H26BrO3P. The molecule has 0 aliphatic heterocycles. The zero-order chi connectivity index (χ0) is 19.8. The van der Waals surface area contributed by atoms with Crippen molar-refractivity contribution < 1.29 is 31.6 Å². The summed E-state index contributed by atoms with van der Waals surface area (Å²) in [7, 11) is -2.01. The van der Waals surface area contributed by atoms with Crippen LogP contribution in [0.2, 0.25) is 0 Å². The maximum Gasteiger partial charge on any atom is 0.332 e. The lowest BCUT2D eigenvalue weighted by atomic mass is 10.3. The van der Waals surface area contributed by atoms with Gasteiger partial charge in [0.25, 0.3) is 0 Å².